The van der Waals surface area contributed by atoms with Crippen LogP contribution < -0.4 is 10.4 Å². The number of rotatable bonds is 5. The molecule has 3 rings (SSSR count). The van der Waals surface area contributed by atoms with Gasteiger partial charge in [0.05, 0.1) is 5.39 Å². The van der Waals surface area contributed by atoms with E-state index in [1.54, 1.807) is 30.7 Å². The second-order valence-corrected chi connectivity index (χ2v) is 6.70. The van der Waals surface area contributed by atoms with E-state index in [0.717, 1.165) is 15.4 Å². The molecule has 0 bridgehead atoms. The number of halogens is 2. The molecule has 2 aromatic heterocycles. The normalized spacial score (nSPS) is 11.0. The predicted octanol–water partition coefficient (Wildman–Crippen LogP) is 3.57. The molecule has 0 unspecified atom stereocenters. The lowest BCUT2D eigenvalue weighted by molar-refractivity contribution is 0.103. The van der Waals surface area contributed by atoms with Gasteiger partial charge in [-0.3, -0.25) is 9.78 Å². The Morgan fingerprint density at radius 1 is 1.25 bits per heavy atom. The van der Waals surface area contributed by atoms with E-state index < -0.39 is 0 Å². The van der Waals surface area contributed by atoms with Gasteiger partial charge in [-0.1, -0.05) is 13.0 Å². The zero-order valence-corrected chi connectivity index (χ0v) is 15.3. The van der Waals surface area contributed by atoms with Gasteiger partial charge < -0.3 is 4.84 Å². The van der Waals surface area contributed by atoms with Crippen molar-refractivity contribution < 1.29 is 9.23 Å². The van der Waals surface area contributed by atoms with E-state index in [1.807, 2.05) is 13.0 Å². The fraction of sp³-hybridized carbons (Fsp3) is 0.222. The van der Waals surface area contributed by atoms with Crippen molar-refractivity contribution in [1.29, 1.82) is 0 Å². The monoisotopic (exact) mass is 438 g/mol. The molecule has 0 radical (unpaired) electrons. The third kappa shape index (κ3) is 3.43. The third-order valence-electron chi connectivity index (χ3n) is 3.69. The Bertz CT molecular complexity index is 940. The third-order valence-corrected chi connectivity index (χ3v) is 4.36. The minimum Gasteiger partial charge on any atom is -0.411 e. The molecule has 2 heterocycles. The molecule has 24 heavy (non-hydrogen) atoms. The molecule has 0 spiro atoms. The summed E-state index contributed by atoms with van der Waals surface area (Å²) < 4.78 is 16.2. The molecular formula is C18H16FIN2O2. The molecule has 0 aliphatic heterocycles. The highest BCUT2D eigenvalue weighted by atomic mass is 127. The zero-order chi connectivity index (χ0) is 17.1. The lowest BCUT2D eigenvalue weighted by Gasteiger charge is -2.11. The molecular weight excluding hydrogens is 422 g/mol. The molecule has 124 valence electrons. The minimum absolute atomic E-state index is 0.246. The van der Waals surface area contributed by atoms with Crippen molar-refractivity contribution in [2.45, 2.75) is 19.8 Å². The van der Waals surface area contributed by atoms with Crippen molar-refractivity contribution in [2.24, 2.45) is 0 Å². The maximum atomic E-state index is 14.1. The summed E-state index contributed by atoms with van der Waals surface area (Å²) in [6, 6.07) is 6.86. The molecule has 4 nitrogen and oxygen atoms in total. The number of aromatic nitrogens is 2. The maximum absolute atomic E-state index is 14.1. The number of benzene rings is 1. The Morgan fingerprint density at radius 3 is 2.83 bits per heavy atom. The van der Waals surface area contributed by atoms with Gasteiger partial charge in [-0.05, 0) is 58.3 Å². The molecule has 0 fully saturated rings. The highest BCUT2D eigenvalue weighted by Crippen LogP contribution is 2.20. The minimum atomic E-state index is -0.280. The van der Waals surface area contributed by atoms with Crippen LogP contribution in [0.15, 0.2) is 47.7 Å². The van der Waals surface area contributed by atoms with E-state index in [2.05, 4.69) is 27.6 Å². The summed E-state index contributed by atoms with van der Waals surface area (Å²) in [5, 5.41) is 1.24. The number of hydrogen-bond acceptors (Lipinski definition) is 3. The molecule has 6 heteroatoms. The summed E-state index contributed by atoms with van der Waals surface area (Å²) in [6.07, 6.45) is 5.96. The van der Waals surface area contributed by atoms with Crippen molar-refractivity contribution >= 4 is 33.4 Å². The van der Waals surface area contributed by atoms with E-state index >= 15 is 0 Å². The van der Waals surface area contributed by atoms with Gasteiger partial charge >= 0.3 is 0 Å². The number of pyridine rings is 2. The van der Waals surface area contributed by atoms with Crippen LogP contribution in [-0.4, -0.2) is 16.3 Å². The van der Waals surface area contributed by atoms with E-state index in [9.17, 15) is 9.18 Å². The lowest BCUT2D eigenvalue weighted by Crippen LogP contribution is -2.27. The fourth-order valence-corrected chi connectivity index (χ4v) is 2.98. The van der Waals surface area contributed by atoms with Crippen LogP contribution in [0, 0.1) is 9.39 Å². The molecule has 3 aromatic rings. The number of hydrogen-bond donors (Lipinski definition) is 0. The van der Waals surface area contributed by atoms with Gasteiger partial charge in [0, 0.05) is 34.0 Å². The van der Waals surface area contributed by atoms with Gasteiger partial charge in [0.25, 0.3) is 5.56 Å². The first-order valence-electron chi connectivity index (χ1n) is 7.65. The zero-order valence-electron chi connectivity index (χ0n) is 13.1. The molecule has 0 aliphatic rings. The quantitative estimate of drug-likeness (QED) is 0.573. The molecule has 1 aromatic carbocycles. The summed E-state index contributed by atoms with van der Waals surface area (Å²) in [4.78, 5) is 22.3. The van der Waals surface area contributed by atoms with Crippen LogP contribution >= 0.6 is 22.6 Å². The van der Waals surface area contributed by atoms with Crippen LogP contribution in [0.1, 0.15) is 24.5 Å². The molecule has 0 aliphatic carbocycles. The largest absolute Gasteiger partial charge is 0.411 e. The summed E-state index contributed by atoms with van der Waals surface area (Å²) in [5.41, 5.74) is 0.977. The van der Waals surface area contributed by atoms with Crippen LogP contribution in [0.2, 0.25) is 0 Å². The van der Waals surface area contributed by atoms with Gasteiger partial charge in [0.15, 0.2) is 0 Å². The van der Waals surface area contributed by atoms with E-state index in [0.29, 0.717) is 29.5 Å². The Hall–Kier alpha value is -1.96. The first-order valence-corrected chi connectivity index (χ1v) is 8.73. The first kappa shape index (κ1) is 16.9. The lowest BCUT2D eigenvalue weighted by atomic mass is 10.0. The molecule has 0 saturated heterocycles. The topological polar surface area (TPSA) is 44.1 Å². The van der Waals surface area contributed by atoms with E-state index in [-0.39, 0.29) is 11.4 Å². The highest BCUT2D eigenvalue weighted by Gasteiger charge is 2.12. The van der Waals surface area contributed by atoms with Crippen LogP contribution in [0.3, 0.4) is 0 Å². The molecule has 0 amide bonds. The van der Waals surface area contributed by atoms with E-state index in [1.165, 1.54) is 10.8 Å². The maximum Gasteiger partial charge on any atom is 0.291 e. The number of fused-ring (bicyclic) bond motifs is 1. The van der Waals surface area contributed by atoms with Gasteiger partial charge in [0.2, 0.25) is 0 Å². The van der Waals surface area contributed by atoms with Crippen molar-refractivity contribution in [3.05, 3.63) is 73.7 Å². The van der Waals surface area contributed by atoms with Gasteiger partial charge in [-0.2, -0.15) is 4.73 Å². The Labute approximate surface area is 152 Å². The number of nitrogens with zero attached hydrogens (tertiary/aromatic N) is 2. The molecule has 0 atom stereocenters. The smallest absolute Gasteiger partial charge is 0.291 e. The van der Waals surface area contributed by atoms with Crippen LogP contribution in [0.4, 0.5) is 4.39 Å². The Kier molecular flexibility index (Phi) is 5.13. The molecule has 0 N–H and O–H groups in total. The summed E-state index contributed by atoms with van der Waals surface area (Å²) in [5.74, 6) is -0.280. The van der Waals surface area contributed by atoms with Crippen molar-refractivity contribution in [3.8, 4) is 0 Å². The Morgan fingerprint density at radius 2 is 2.08 bits per heavy atom. The van der Waals surface area contributed by atoms with Crippen molar-refractivity contribution in [1.82, 2.24) is 9.71 Å². The van der Waals surface area contributed by atoms with Gasteiger partial charge in [0.1, 0.15) is 12.4 Å². The highest BCUT2D eigenvalue weighted by molar-refractivity contribution is 14.1. The van der Waals surface area contributed by atoms with Crippen molar-refractivity contribution in [3.63, 3.8) is 0 Å². The summed E-state index contributed by atoms with van der Waals surface area (Å²) in [6.45, 7) is 2.43. The first-order chi connectivity index (χ1) is 11.6. The average molecular weight is 438 g/mol. The fourth-order valence-electron chi connectivity index (χ4n) is 2.53. The van der Waals surface area contributed by atoms with E-state index in [4.69, 9.17) is 4.84 Å². The van der Waals surface area contributed by atoms with Crippen LogP contribution in [0.25, 0.3) is 10.8 Å². The second-order valence-electron chi connectivity index (χ2n) is 5.46. The van der Waals surface area contributed by atoms with Crippen molar-refractivity contribution in [2.75, 3.05) is 6.61 Å². The predicted molar refractivity (Wildman–Crippen MR) is 99.7 cm³/mol. The molecule has 0 saturated carbocycles. The standard InChI is InChI=1S/C18H16FIN2O2/c1-2-7-24-22-6-5-13-10-21-11-14(17(13)18(22)23)8-12-3-4-15(20)9-16(12)19/h3-6,9-11H,2,7-8H2,1H3. The van der Waals surface area contributed by atoms with Crippen LogP contribution in [-0.2, 0) is 6.42 Å². The second kappa shape index (κ2) is 7.29. The van der Waals surface area contributed by atoms with Gasteiger partial charge in [-0.25, -0.2) is 4.39 Å². The SMILES string of the molecule is CCCOn1ccc2cncc(Cc3ccc(I)cc3F)c2c1=O. The average Bonchev–Trinajstić information content (AvgIpc) is 2.57. The summed E-state index contributed by atoms with van der Waals surface area (Å²) in [7, 11) is 0. The summed E-state index contributed by atoms with van der Waals surface area (Å²) >= 11 is 2.07. The van der Waals surface area contributed by atoms with Gasteiger partial charge in [-0.15, -0.1) is 0 Å². The van der Waals surface area contributed by atoms with Crippen LogP contribution in [0.5, 0.6) is 0 Å². The Balaban J connectivity index is 2.08.